The molecule has 60 valence electrons. The maximum absolute atomic E-state index is 8.29. The summed E-state index contributed by atoms with van der Waals surface area (Å²) in [6, 6.07) is 0. The van der Waals surface area contributed by atoms with Crippen LogP contribution in [0.25, 0.3) is 0 Å². The van der Waals surface area contributed by atoms with Crippen molar-refractivity contribution in [2.75, 3.05) is 6.61 Å². The van der Waals surface area contributed by atoms with Crippen LogP contribution in [0.3, 0.4) is 0 Å². The molecule has 0 aliphatic carbocycles. The number of ether oxygens (including phenoxy) is 1. The van der Waals surface area contributed by atoms with E-state index in [1.54, 1.807) is 0 Å². The minimum atomic E-state index is -0.750. The van der Waals surface area contributed by atoms with Gasteiger partial charge < -0.3 is 4.74 Å². The monoisotopic (exact) mass is 164 g/mol. The lowest BCUT2D eigenvalue weighted by atomic mass is 10.2. The molecule has 10 heavy (non-hydrogen) atoms. The zero-order valence-corrected chi connectivity index (χ0v) is 7.02. The first-order valence-electron chi connectivity index (χ1n) is 2.83. The molecule has 0 aromatic heterocycles. The summed E-state index contributed by atoms with van der Waals surface area (Å²) < 4.78 is 21.4. The van der Waals surface area contributed by atoms with E-state index in [1.165, 1.54) is 6.26 Å². The molecule has 4 heteroatoms. The number of rotatable bonds is 3. The van der Waals surface area contributed by atoms with Gasteiger partial charge in [0.1, 0.15) is 0 Å². The minimum absolute atomic E-state index is 0.609. The molecule has 0 radical (unpaired) electrons. The Bertz CT molecular complexity index is 106. The highest BCUT2D eigenvalue weighted by atomic mass is 32.1. The Labute approximate surface area is 64.7 Å². The Hall–Kier alpha value is -0.640. The molecular formula is C6H12O3S. The Morgan fingerprint density at radius 3 is 2.10 bits per heavy atom. The molecule has 0 unspecified atom stereocenters. The molecule has 0 fully saturated rings. The van der Waals surface area contributed by atoms with Crippen molar-refractivity contribution in [1.82, 2.24) is 0 Å². The van der Waals surface area contributed by atoms with Crippen LogP contribution in [0.2, 0.25) is 0 Å². The molecule has 3 nitrogen and oxygen atoms in total. The predicted molar refractivity (Wildman–Crippen MR) is 39.9 cm³/mol. The summed E-state index contributed by atoms with van der Waals surface area (Å²) in [7, 11) is 0. The van der Waals surface area contributed by atoms with Crippen molar-refractivity contribution in [2.24, 2.45) is 5.92 Å². The average molecular weight is 164 g/mol. The van der Waals surface area contributed by atoms with Crippen molar-refractivity contribution < 1.29 is 13.2 Å². The van der Waals surface area contributed by atoms with E-state index in [0.29, 0.717) is 5.92 Å². The molecule has 0 aromatic rings. The lowest BCUT2D eigenvalue weighted by Gasteiger charge is -2.00. The third-order valence-corrected chi connectivity index (χ3v) is 0.547. The smallest absolute Gasteiger partial charge is 0.335 e. The van der Waals surface area contributed by atoms with E-state index in [9.17, 15) is 0 Å². The molecule has 0 bridgehead atoms. The van der Waals surface area contributed by atoms with Crippen LogP contribution < -0.4 is 0 Å². The first-order valence-corrected chi connectivity index (χ1v) is 3.50. The molecule has 0 spiro atoms. The van der Waals surface area contributed by atoms with Crippen LogP contribution in [-0.4, -0.2) is 15.0 Å². The second-order valence-corrected chi connectivity index (χ2v) is 2.10. The quantitative estimate of drug-likeness (QED) is 0.587. The second kappa shape index (κ2) is 11.2. The van der Waals surface area contributed by atoms with Gasteiger partial charge in [0.15, 0.2) is 0 Å². The molecule has 0 amide bonds. The molecule has 0 rings (SSSR count). The SMILES string of the molecule is C=COCC(C)C.O=S=O. The van der Waals surface area contributed by atoms with Gasteiger partial charge in [0.2, 0.25) is 0 Å². The van der Waals surface area contributed by atoms with Gasteiger partial charge in [0, 0.05) is 0 Å². The standard InChI is InChI=1S/C6H12O.O2S/c1-4-7-5-6(2)3;1-3-2/h4,6H,1,5H2,2-3H3;. The normalized spacial score (nSPS) is 7.50. The molecule has 0 saturated heterocycles. The van der Waals surface area contributed by atoms with E-state index in [2.05, 4.69) is 20.4 Å². The van der Waals surface area contributed by atoms with Gasteiger partial charge in [-0.05, 0) is 5.92 Å². The van der Waals surface area contributed by atoms with Gasteiger partial charge in [-0.3, -0.25) is 0 Å². The largest absolute Gasteiger partial charge is 0.502 e. The molecule has 0 N–H and O–H groups in total. The first-order chi connectivity index (χ1) is 4.68. The van der Waals surface area contributed by atoms with Crippen molar-refractivity contribution >= 4 is 11.6 Å². The molecular weight excluding hydrogens is 152 g/mol. The van der Waals surface area contributed by atoms with E-state index < -0.39 is 11.6 Å². The van der Waals surface area contributed by atoms with Crippen molar-refractivity contribution in [3.05, 3.63) is 12.8 Å². The molecule has 0 heterocycles. The zero-order valence-electron chi connectivity index (χ0n) is 6.20. The summed E-state index contributed by atoms with van der Waals surface area (Å²) in [6.07, 6.45) is 1.47. The maximum atomic E-state index is 8.29. The van der Waals surface area contributed by atoms with Gasteiger partial charge in [0.25, 0.3) is 0 Å². The number of hydrogen-bond acceptors (Lipinski definition) is 3. The van der Waals surface area contributed by atoms with Crippen LogP contribution in [-0.2, 0) is 16.3 Å². The topological polar surface area (TPSA) is 43.4 Å². The fraction of sp³-hybridized carbons (Fsp3) is 0.667. The van der Waals surface area contributed by atoms with Crippen LogP contribution in [0.15, 0.2) is 12.8 Å². The van der Waals surface area contributed by atoms with Gasteiger partial charge in [-0.15, -0.1) is 0 Å². The van der Waals surface area contributed by atoms with E-state index >= 15 is 0 Å². The van der Waals surface area contributed by atoms with E-state index in [1.807, 2.05) is 0 Å². The summed E-state index contributed by atoms with van der Waals surface area (Å²) in [4.78, 5) is 0. The van der Waals surface area contributed by atoms with Crippen LogP contribution in [0.4, 0.5) is 0 Å². The van der Waals surface area contributed by atoms with Crippen LogP contribution in [0.5, 0.6) is 0 Å². The van der Waals surface area contributed by atoms with E-state index in [-0.39, 0.29) is 0 Å². The highest BCUT2D eigenvalue weighted by Gasteiger charge is 1.87. The van der Waals surface area contributed by atoms with Gasteiger partial charge >= 0.3 is 11.6 Å². The van der Waals surface area contributed by atoms with Gasteiger partial charge in [-0.25, -0.2) is 0 Å². The summed E-state index contributed by atoms with van der Waals surface area (Å²) in [5, 5.41) is 0. The Balaban J connectivity index is 0. The van der Waals surface area contributed by atoms with E-state index in [4.69, 9.17) is 13.2 Å². The fourth-order valence-electron chi connectivity index (χ4n) is 0.260. The number of hydrogen-bond donors (Lipinski definition) is 0. The lowest BCUT2D eigenvalue weighted by molar-refractivity contribution is 0.212. The average Bonchev–Trinajstić information content (AvgIpc) is 1.85. The lowest BCUT2D eigenvalue weighted by Crippen LogP contribution is -1.95. The summed E-state index contributed by atoms with van der Waals surface area (Å²) in [5.74, 6) is 0.609. The second-order valence-electron chi connectivity index (χ2n) is 1.96. The molecule has 0 atom stereocenters. The van der Waals surface area contributed by atoms with Gasteiger partial charge in [0.05, 0.1) is 12.9 Å². The van der Waals surface area contributed by atoms with Crippen molar-refractivity contribution in [2.45, 2.75) is 13.8 Å². The van der Waals surface area contributed by atoms with E-state index in [0.717, 1.165) is 6.61 Å². The van der Waals surface area contributed by atoms with Crippen LogP contribution in [0, 0.1) is 5.92 Å². The summed E-state index contributed by atoms with van der Waals surface area (Å²) >= 11 is -0.750. The first kappa shape index (κ1) is 12.1. The summed E-state index contributed by atoms with van der Waals surface area (Å²) in [5.41, 5.74) is 0. The Morgan fingerprint density at radius 1 is 1.60 bits per heavy atom. The van der Waals surface area contributed by atoms with Crippen molar-refractivity contribution in [3.8, 4) is 0 Å². The Kier molecular flexibility index (Phi) is 13.5. The van der Waals surface area contributed by atoms with Crippen molar-refractivity contribution in [1.29, 1.82) is 0 Å². The zero-order chi connectivity index (χ0) is 8.41. The minimum Gasteiger partial charge on any atom is -0.502 e. The van der Waals surface area contributed by atoms with Gasteiger partial charge in [-0.2, -0.15) is 8.42 Å². The fourth-order valence-corrected chi connectivity index (χ4v) is 0.260. The van der Waals surface area contributed by atoms with Crippen LogP contribution in [0.1, 0.15) is 13.8 Å². The third kappa shape index (κ3) is 26.4. The maximum Gasteiger partial charge on any atom is 0.335 e. The van der Waals surface area contributed by atoms with Gasteiger partial charge in [-0.1, -0.05) is 20.4 Å². The van der Waals surface area contributed by atoms with Crippen LogP contribution >= 0.6 is 0 Å². The molecule has 0 aliphatic heterocycles. The molecule has 0 aromatic carbocycles. The molecule has 0 saturated carbocycles. The third-order valence-electron chi connectivity index (χ3n) is 0.547. The van der Waals surface area contributed by atoms with Crippen molar-refractivity contribution in [3.63, 3.8) is 0 Å². The summed E-state index contributed by atoms with van der Waals surface area (Å²) in [6.45, 7) is 8.39. The highest BCUT2D eigenvalue weighted by Crippen LogP contribution is 1.90. The highest BCUT2D eigenvalue weighted by molar-refractivity contribution is 7.51. The predicted octanol–water partition coefficient (Wildman–Crippen LogP) is 1.13. The molecule has 0 aliphatic rings. The Morgan fingerprint density at radius 2 is 2.00 bits per heavy atom.